The Morgan fingerprint density at radius 3 is 2.65 bits per heavy atom. The number of amides is 1. The highest BCUT2D eigenvalue weighted by atomic mass is 16.5. The van der Waals surface area contributed by atoms with Crippen LogP contribution in [0.15, 0.2) is 65.5 Å². The van der Waals surface area contributed by atoms with Gasteiger partial charge < -0.3 is 30.2 Å². The Bertz CT molecular complexity index is 1250. The first-order valence-corrected chi connectivity index (χ1v) is 12.2. The molecule has 0 radical (unpaired) electrons. The maximum atomic E-state index is 12.1. The van der Waals surface area contributed by atoms with Gasteiger partial charge in [-0.2, -0.15) is 5.26 Å². The van der Waals surface area contributed by atoms with E-state index in [9.17, 15) is 14.7 Å². The predicted molar refractivity (Wildman–Crippen MR) is 141 cm³/mol. The van der Waals surface area contributed by atoms with Gasteiger partial charge in [-0.05, 0) is 49.2 Å². The third-order valence-electron chi connectivity index (χ3n) is 5.51. The maximum Gasteiger partial charge on any atom is 0.266 e. The van der Waals surface area contributed by atoms with E-state index in [1.807, 2.05) is 60.7 Å². The molecule has 1 heterocycles. The van der Waals surface area contributed by atoms with Crippen molar-refractivity contribution in [1.29, 1.82) is 5.26 Å². The molecule has 1 aromatic heterocycles. The topological polar surface area (TPSA) is 136 Å². The van der Waals surface area contributed by atoms with Crippen LogP contribution < -0.4 is 25.7 Å². The highest BCUT2D eigenvalue weighted by Crippen LogP contribution is 2.26. The summed E-state index contributed by atoms with van der Waals surface area (Å²) in [6, 6.07) is 20.2. The average Bonchev–Trinajstić information content (AvgIpc) is 2.90. The van der Waals surface area contributed by atoms with Crippen LogP contribution in [0.2, 0.25) is 0 Å². The van der Waals surface area contributed by atoms with Crippen LogP contribution in [0.1, 0.15) is 24.1 Å². The van der Waals surface area contributed by atoms with Crippen LogP contribution in [0, 0.1) is 18.3 Å². The van der Waals surface area contributed by atoms with Crippen molar-refractivity contribution >= 4 is 5.91 Å². The number of aromatic nitrogens is 1. The Balaban J connectivity index is 1.30. The molecule has 1 amide bonds. The van der Waals surface area contributed by atoms with Crippen LogP contribution in [0.3, 0.4) is 0 Å². The number of hydrogen-bond donors (Lipinski definition) is 4. The smallest absolute Gasteiger partial charge is 0.266 e. The molecule has 0 bridgehead atoms. The second-order valence-corrected chi connectivity index (χ2v) is 8.47. The second kappa shape index (κ2) is 14.4. The average molecular weight is 505 g/mol. The highest BCUT2D eigenvalue weighted by Gasteiger charge is 2.09. The van der Waals surface area contributed by atoms with Crippen molar-refractivity contribution in [2.45, 2.75) is 25.9 Å². The molecule has 1 unspecified atom stereocenters. The Morgan fingerprint density at radius 1 is 1.08 bits per heavy atom. The van der Waals surface area contributed by atoms with E-state index in [1.54, 1.807) is 13.0 Å². The van der Waals surface area contributed by atoms with Crippen LogP contribution in [-0.2, 0) is 4.79 Å². The molecule has 9 heteroatoms. The molecule has 1 atom stereocenters. The molecule has 4 N–H and O–H groups in total. The van der Waals surface area contributed by atoms with E-state index in [-0.39, 0.29) is 18.1 Å². The van der Waals surface area contributed by atoms with Gasteiger partial charge in [-0.1, -0.05) is 30.3 Å². The van der Waals surface area contributed by atoms with Gasteiger partial charge in [-0.15, -0.1) is 0 Å². The van der Waals surface area contributed by atoms with Crippen molar-refractivity contribution in [3.63, 3.8) is 0 Å². The summed E-state index contributed by atoms with van der Waals surface area (Å²) in [5, 5.41) is 25.0. The minimum Gasteiger partial charge on any atom is -0.494 e. The van der Waals surface area contributed by atoms with Crippen molar-refractivity contribution < 1.29 is 19.4 Å². The molecule has 0 saturated heterocycles. The van der Waals surface area contributed by atoms with E-state index in [1.165, 1.54) is 0 Å². The van der Waals surface area contributed by atoms with E-state index in [0.29, 0.717) is 56.3 Å². The number of ether oxygens (including phenoxy) is 2. The van der Waals surface area contributed by atoms with Gasteiger partial charge in [-0.3, -0.25) is 9.59 Å². The molecule has 0 aliphatic heterocycles. The Labute approximate surface area is 216 Å². The lowest BCUT2D eigenvalue weighted by Crippen LogP contribution is -2.37. The summed E-state index contributed by atoms with van der Waals surface area (Å²) in [4.78, 5) is 26.5. The van der Waals surface area contributed by atoms with Crippen LogP contribution in [0.25, 0.3) is 11.1 Å². The fourth-order valence-electron chi connectivity index (χ4n) is 3.60. The van der Waals surface area contributed by atoms with Crippen molar-refractivity contribution in [2.75, 3.05) is 32.8 Å². The molecule has 194 valence electrons. The summed E-state index contributed by atoms with van der Waals surface area (Å²) in [5.74, 6) is 1.28. The summed E-state index contributed by atoms with van der Waals surface area (Å²) >= 11 is 0. The number of nitriles is 1. The minimum atomic E-state index is -0.645. The lowest BCUT2D eigenvalue weighted by molar-refractivity contribution is -0.121. The molecular formula is C28H32N4O5. The number of benzene rings is 2. The van der Waals surface area contributed by atoms with Crippen LogP contribution >= 0.6 is 0 Å². The number of aryl methyl sites for hydroxylation is 1. The second-order valence-electron chi connectivity index (χ2n) is 8.47. The predicted octanol–water partition coefficient (Wildman–Crippen LogP) is 2.53. The molecule has 0 spiro atoms. The molecule has 0 aliphatic rings. The van der Waals surface area contributed by atoms with E-state index < -0.39 is 11.7 Å². The molecule has 0 fully saturated rings. The lowest BCUT2D eigenvalue weighted by Gasteiger charge is -2.13. The lowest BCUT2D eigenvalue weighted by atomic mass is 10.0. The van der Waals surface area contributed by atoms with Crippen LogP contribution in [0.4, 0.5) is 0 Å². The van der Waals surface area contributed by atoms with Crippen molar-refractivity contribution in [1.82, 2.24) is 15.6 Å². The molecule has 9 nitrogen and oxygen atoms in total. The fourth-order valence-corrected chi connectivity index (χ4v) is 3.60. The van der Waals surface area contributed by atoms with Crippen molar-refractivity contribution in [3.05, 3.63) is 82.3 Å². The fraction of sp³-hybridized carbons (Fsp3) is 0.321. The number of para-hydroxylation sites is 1. The van der Waals surface area contributed by atoms with Gasteiger partial charge in [0.1, 0.15) is 35.8 Å². The number of hydrogen-bond acceptors (Lipinski definition) is 7. The minimum absolute atomic E-state index is 0.0568. The summed E-state index contributed by atoms with van der Waals surface area (Å²) in [7, 11) is 0. The normalized spacial score (nSPS) is 11.4. The summed E-state index contributed by atoms with van der Waals surface area (Å²) in [5.41, 5.74) is 1.90. The number of pyridine rings is 1. The van der Waals surface area contributed by atoms with Crippen molar-refractivity contribution in [2.24, 2.45) is 0 Å². The van der Waals surface area contributed by atoms with Gasteiger partial charge in [-0.25, -0.2) is 0 Å². The number of rotatable bonds is 14. The quantitative estimate of drug-likeness (QED) is 0.248. The van der Waals surface area contributed by atoms with Gasteiger partial charge >= 0.3 is 0 Å². The summed E-state index contributed by atoms with van der Waals surface area (Å²) in [6.07, 6.45) is 0.237. The maximum absolute atomic E-state index is 12.1. The molecule has 3 aromatic rings. The summed E-state index contributed by atoms with van der Waals surface area (Å²) in [6.45, 7) is 3.70. The number of carbonyl (C=O) groups excluding carboxylic acids is 1. The number of nitrogens with zero attached hydrogens (tertiary/aromatic N) is 1. The number of aliphatic hydroxyl groups is 1. The molecule has 0 saturated carbocycles. The first-order valence-electron chi connectivity index (χ1n) is 12.2. The van der Waals surface area contributed by atoms with E-state index in [4.69, 9.17) is 14.7 Å². The third kappa shape index (κ3) is 9.11. The van der Waals surface area contributed by atoms with E-state index in [0.717, 1.165) is 11.1 Å². The molecule has 3 rings (SSSR count). The SMILES string of the molecule is Cc1[nH]c(=O)c(C#N)cc1-c1cccc(OCCCC(=O)NCCNCC(O)COc2ccccc2)c1. The summed E-state index contributed by atoms with van der Waals surface area (Å²) < 4.78 is 11.3. The monoisotopic (exact) mass is 504 g/mol. The number of H-pyrrole nitrogens is 1. The van der Waals surface area contributed by atoms with E-state index >= 15 is 0 Å². The number of aromatic amines is 1. The zero-order valence-corrected chi connectivity index (χ0v) is 20.8. The van der Waals surface area contributed by atoms with Gasteiger partial charge in [0, 0.05) is 37.3 Å². The molecular weight excluding hydrogens is 472 g/mol. The van der Waals surface area contributed by atoms with E-state index in [2.05, 4.69) is 15.6 Å². The standard InChI is InChI=1S/C28H32N4O5/c1-20-26(16-22(17-29)28(35)32-20)21-7-5-10-25(15-21)36-14-6-11-27(34)31-13-12-30-18-23(33)19-37-24-8-3-2-4-9-24/h2-5,7-10,15-16,23,30,33H,6,11-14,18-19H2,1H3,(H,31,34)(H,32,35). The zero-order chi connectivity index (χ0) is 26.5. The Morgan fingerprint density at radius 2 is 1.86 bits per heavy atom. The zero-order valence-electron chi connectivity index (χ0n) is 20.8. The first kappa shape index (κ1) is 27.5. The molecule has 37 heavy (non-hydrogen) atoms. The number of nitrogens with one attached hydrogen (secondary N) is 3. The van der Waals surface area contributed by atoms with Gasteiger partial charge in [0.05, 0.1) is 6.61 Å². The van der Waals surface area contributed by atoms with Gasteiger partial charge in [0.2, 0.25) is 5.91 Å². The highest BCUT2D eigenvalue weighted by molar-refractivity contribution is 5.75. The molecule has 0 aliphatic carbocycles. The largest absolute Gasteiger partial charge is 0.494 e. The Kier molecular flexibility index (Phi) is 10.7. The van der Waals surface area contributed by atoms with Crippen molar-refractivity contribution in [3.8, 4) is 28.7 Å². The first-order chi connectivity index (χ1) is 18.0. The molecule has 2 aromatic carbocycles. The van der Waals surface area contributed by atoms with Crippen LogP contribution in [-0.4, -0.2) is 54.9 Å². The van der Waals surface area contributed by atoms with Gasteiger partial charge in [0.25, 0.3) is 5.56 Å². The number of carbonyl (C=O) groups is 1. The Hall–Kier alpha value is -4.13. The number of aliphatic hydroxyl groups excluding tert-OH is 1. The third-order valence-corrected chi connectivity index (χ3v) is 5.51. The van der Waals surface area contributed by atoms with Gasteiger partial charge in [0.15, 0.2) is 0 Å². The van der Waals surface area contributed by atoms with Crippen LogP contribution in [0.5, 0.6) is 11.5 Å².